The molecule has 1 heterocycles. The van der Waals surface area contributed by atoms with Crippen molar-refractivity contribution in [3.63, 3.8) is 0 Å². The molecule has 0 aliphatic carbocycles. The number of aromatic nitrogens is 1. The van der Waals surface area contributed by atoms with Gasteiger partial charge in [0.2, 0.25) is 0 Å². The Bertz CT molecular complexity index is 622. The molecule has 0 unspecified atom stereocenters. The topological polar surface area (TPSA) is 59.4 Å². The van der Waals surface area contributed by atoms with E-state index in [-0.39, 0.29) is 6.42 Å². The van der Waals surface area contributed by atoms with Gasteiger partial charge in [-0.05, 0) is 31.9 Å². The van der Waals surface area contributed by atoms with Crippen LogP contribution in [-0.2, 0) is 17.6 Å². The Morgan fingerprint density at radius 3 is 2.76 bits per heavy atom. The molecular formula is C16H19NO3S. The Labute approximate surface area is 128 Å². The van der Waals surface area contributed by atoms with E-state index < -0.39 is 5.97 Å². The number of hydrogen-bond acceptors (Lipinski definition) is 4. The minimum atomic E-state index is -0.771. The highest BCUT2D eigenvalue weighted by Gasteiger charge is 2.09. The zero-order valence-corrected chi connectivity index (χ0v) is 13.1. The second-order valence-corrected chi connectivity index (χ2v) is 6.04. The van der Waals surface area contributed by atoms with Gasteiger partial charge in [0, 0.05) is 11.3 Å². The van der Waals surface area contributed by atoms with Gasteiger partial charge in [0.1, 0.15) is 5.75 Å². The number of nitrogens with zero attached hydrogens (tertiary/aromatic N) is 1. The Morgan fingerprint density at radius 1 is 1.29 bits per heavy atom. The summed E-state index contributed by atoms with van der Waals surface area (Å²) in [4.78, 5) is 16.2. The van der Waals surface area contributed by atoms with Crippen LogP contribution in [0.2, 0.25) is 0 Å². The summed E-state index contributed by atoms with van der Waals surface area (Å²) in [5, 5.41) is 9.73. The standard InChI is InChI=1S/C16H19NO3S/c1-11-5-3-4-6-13(11)20-10-9-15-17-12(2)14(21-15)7-8-16(18)19/h3-6H,7-10H2,1-2H3,(H,18,19). The zero-order chi connectivity index (χ0) is 15.2. The highest BCUT2D eigenvalue weighted by atomic mass is 32.1. The highest BCUT2D eigenvalue weighted by molar-refractivity contribution is 7.11. The van der Waals surface area contributed by atoms with Crippen molar-refractivity contribution in [1.29, 1.82) is 0 Å². The number of para-hydroxylation sites is 1. The molecule has 2 aromatic rings. The van der Waals surface area contributed by atoms with Crippen molar-refractivity contribution in [2.75, 3.05) is 6.61 Å². The van der Waals surface area contributed by atoms with Crippen LogP contribution in [0, 0.1) is 13.8 Å². The average molecular weight is 305 g/mol. The second-order valence-electron chi connectivity index (χ2n) is 4.87. The number of rotatable bonds is 7. The third-order valence-electron chi connectivity index (χ3n) is 3.17. The van der Waals surface area contributed by atoms with E-state index in [1.54, 1.807) is 11.3 Å². The van der Waals surface area contributed by atoms with Gasteiger partial charge in [0.15, 0.2) is 0 Å². The number of carboxylic acid groups (broad SMARTS) is 1. The van der Waals surface area contributed by atoms with Crippen molar-refractivity contribution in [3.05, 3.63) is 45.4 Å². The Morgan fingerprint density at radius 2 is 2.05 bits per heavy atom. The number of ether oxygens (including phenoxy) is 1. The van der Waals surface area contributed by atoms with Crippen molar-refractivity contribution in [3.8, 4) is 5.75 Å². The first-order valence-electron chi connectivity index (χ1n) is 6.91. The van der Waals surface area contributed by atoms with E-state index in [4.69, 9.17) is 9.84 Å². The quantitative estimate of drug-likeness (QED) is 0.851. The van der Waals surface area contributed by atoms with Crippen LogP contribution in [-0.4, -0.2) is 22.7 Å². The van der Waals surface area contributed by atoms with Crippen molar-refractivity contribution >= 4 is 17.3 Å². The van der Waals surface area contributed by atoms with Crippen molar-refractivity contribution in [2.24, 2.45) is 0 Å². The van der Waals surface area contributed by atoms with Crippen LogP contribution in [0.15, 0.2) is 24.3 Å². The minimum absolute atomic E-state index is 0.155. The number of hydrogen-bond donors (Lipinski definition) is 1. The third-order valence-corrected chi connectivity index (χ3v) is 4.45. The van der Waals surface area contributed by atoms with E-state index in [1.807, 2.05) is 38.1 Å². The lowest BCUT2D eigenvalue weighted by molar-refractivity contribution is -0.136. The summed E-state index contributed by atoms with van der Waals surface area (Å²) < 4.78 is 5.76. The summed E-state index contributed by atoms with van der Waals surface area (Å²) >= 11 is 1.59. The number of aryl methyl sites for hydroxylation is 3. The first kappa shape index (κ1) is 15.5. The molecular weight excluding hydrogens is 286 g/mol. The van der Waals surface area contributed by atoms with Crippen LogP contribution in [0.5, 0.6) is 5.75 Å². The molecule has 0 saturated heterocycles. The molecule has 4 nitrogen and oxygen atoms in total. The lowest BCUT2D eigenvalue weighted by atomic mass is 10.2. The summed E-state index contributed by atoms with van der Waals surface area (Å²) in [7, 11) is 0. The van der Waals surface area contributed by atoms with Gasteiger partial charge in [0.05, 0.1) is 23.7 Å². The van der Waals surface area contributed by atoms with Gasteiger partial charge in [-0.25, -0.2) is 4.98 Å². The molecule has 0 spiro atoms. The van der Waals surface area contributed by atoms with Crippen LogP contribution < -0.4 is 4.74 Å². The molecule has 0 radical (unpaired) electrons. The fourth-order valence-corrected chi connectivity index (χ4v) is 3.06. The zero-order valence-electron chi connectivity index (χ0n) is 12.3. The van der Waals surface area contributed by atoms with Crippen LogP contribution in [0.25, 0.3) is 0 Å². The first-order valence-corrected chi connectivity index (χ1v) is 7.73. The van der Waals surface area contributed by atoms with Crippen molar-refractivity contribution < 1.29 is 14.6 Å². The number of carbonyl (C=O) groups is 1. The van der Waals surface area contributed by atoms with E-state index in [0.29, 0.717) is 13.0 Å². The molecule has 0 atom stereocenters. The predicted octanol–water partition coefficient (Wildman–Crippen LogP) is 3.40. The van der Waals surface area contributed by atoms with Crippen LogP contribution in [0.1, 0.15) is 27.6 Å². The minimum Gasteiger partial charge on any atom is -0.493 e. The second kappa shape index (κ2) is 7.22. The maximum Gasteiger partial charge on any atom is 0.303 e. The molecule has 1 aromatic carbocycles. The molecule has 0 aliphatic rings. The van der Waals surface area contributed by atoms with E-state index in [2.05, 4.69) is 4.98 Å². The highest BCUT2D eigenvalue weighted by Crippen LogP contribution is 2.21. The Balaban J connectivity index is 1.87. The summed E-state index contributed by atoms with van der Waals surface area (Å²) in [6, 6.07) is 7.93. The van der Waals surface area contributed by atoms with Gasteiger partial charge in [-0.1, -0.05) is 18.2 Å². The molecule has 0 bridgehead atoms. The van der Waals surface area contributed by atoms with Gasteiger partial charge >= 0.3 is 5.97 Å². The van der Waals surface area contributed by atoms with E-state index in [0.717, 1.165) is 33.3 Å². The molecule has 0 aliphatic heterocycles. The molecule has 112 valence electrons. The summed E-state index contributed by atoms with van der Waals surface area (Å²) in [5.74, 6) is 0.129. The van der Waals surface area contributed by atoms with Crippen molar-refractivity contribution in [1.82, 2.24) is 4.98 Å². The van der Waals surface area contributed by atoms with E-state index in [9.17, 15) is 4.79 Å². The van der Waals surface area contributed by atoms with Crippen LogP contribution in [0.3, 0.4) is 0 Å². The largest absolute Gasteiger partial charge is 0.493 e. The third kappa shape index (κ3) is 4.56. The molecule has 0 amide bonds. The molecule has 0 fully saturated rings. The average Bonchev–Trinajstić information content (AvgIpc) is 2.79. The number of carboxylic acids is 1. The SMILES string of the molecule is Cc1ccccc1OCCc1nc(C)c(CCC(=O)O)s1. The van der Waals surface area contributed by atoms with Crippen LogP contribution in [0.4, 0.5) is 0 Å². The summed E-state index contributed by atoms with van der Waals surface area (Å²) in [6.07, 6.45) is 1.45. The number of thiazole rings is 1. The van der Waals surface area contributed by atoms with Crippen molar-refractivity contribution in [2.45, 2.75) is 33.1 Å². The molecule has 21 heavy (non-hydrogen) atoms. The maximum atomic E-state index is 10.6. The Hall–Kier alpha value is -1.88. The molecule has 1 N–H and O–H groups in total. The number of benzene rings is 1. The monoisotopic (exact) mass is 305 g/mol. The fraction of sp³-hybridized carbons (Fsp3) is 0.375. The van der Waals surface area contributed by atoms with Gasteiger partial charge < -0.3 is 9.84 Å². The summed E-state index contributed by atoms with van der Waals surface area (Å²) in [6.45, 7) is 4.53. The van der Waals surface area contributed by atoms with Gasteiger partial charge in [-0.2, -0.15) is 0 Å². The first-order chi connectivity index (χ1) is 10.1. The predicted molar refractivity (Wildman–Crippen MR) is 83.2 cm³/mol. The lowest BCUT2D eigenvalue weighted by Gasteiger charge is -2.07. The van der Waals surface area contributed by atoms with Gasteiger partial charge in [-0.3, -0.25) is 4.79 Å². The normalized spacial score (nSPS) is 10.6. The molecule has 5 heteroatoms. The van der Waals surface area contributed by atoms with Gasteiger partial charge in [0.25, 0.3) is 0 Å². The molecule has 0 saturated carbocycles. The summed E-state index contributed by atoms with van der Waals surface area (Å²) in [5.41, 5.74) is 2.06. The van der Waals surface area contributed by atoms with Gasteiger partial charge in [-0.15, -0.1) is 11.3 Å². The van der Waals surface area contributed by atoms with E-state index >= 15 is 0 Å². The Kier molecular flexibility index (Phi) is 5.33. The number of aliphatic carboxylic acids is 1. The molecule has 2 rings (SSSR count). The fourth-order valence-electron chi connectivity index (χ4n) is 2.01. The lowest BCUT2D eigenvalue weighted by Crippen LogP contribution is -2.02. The van der Waals surface area contributed by atoms with Crippen LogP contribution >= 0.6 is 11.3 Å². The smallest absolute Gasteiger partial charge is 0.303 e. The molecule has 1 aromatic heterocycles. The maximum absolute atomic E-state index is 10.6. The van der Waals surface area contributed by atoms with E-state index in [1.165, 1.54) is 0 Å².